The van der Waals surface area contributed by atoms with Crippen LogP contribution in [0.25, 0.3) is 21.9 Å². The molecule has 0 amide bonds. The Bertz CT molecular complexity index is 1310. The Kier molecular flexibility index (Phi) is 5.92. The lowest BCUT2D eigenvalue weighted by molar-refractivity contribution is 0.0470. The van der Waals surface area contributed by atoms with E-state index >= 15 is 0 Å². The van der Waals surface area contributed by atoms with E-state index in [4.69, 9.17) is 9.47 Å². The van der Waals surface area contributed by atoms with E-state index in [1.54, 1.807) is 49.6 Å². The maximum absolute atomic E-state index is 13.0. The Balaban J connectivity index is 1.81. The van der Waals surface area contributed by atoms with E-state index in [1.807, 2.05) is 12.1 Å². The Hall–Kier alpha value is -3.71. The van der Waals surface area contributed by atoms with Gasteiger partial charge in [-0.05, 0) is 62.6 Å². The topological polar surface area (TPSA) is 96.2 Å². The van der Waals surface area contributed by atoms with E-state index in [2.05, 4.69) is 15.9 Å². The second kappa shape index (κ2) is 8.80. The second-order valence-electron chi connectivity index (χ2n) is 7.08. The first-order chi connectivity index (χ1) is 15.4. The molecule has 0 unspecified atom stereocenters. The molecule has 0 aliphatic rings. The summed E-state index contributed by atoms with van der Waals surface area (Å²) in [5.41, 5.74) is 0.674. The lowest BCUT2D eigenvalue weighted by Gasteiger charge is -2.17. The molecule has 32 heavy (non-hydrogen) atoms. The standard InChI is InChI=1S/C25H19BrO6/c1-31-16-8-6-14(7-9-16)13-32-25(30)23-20(28)11-10-19(27)22(23)21-17-5-3-2-4-15(17)12-18(26)24(21)29/h2-12,27-29H,13H2,1H3. The highest BCUT2D eigenvalue weighted by Crippen LogP contribution is 2.48. The predicted molar refractivity (Wildman–Crippen MR) is 124 cm³/mol. The minimum absolute atomic E-state index is 0.0141. The van der Waals surface area contributed by atoms with Gasteiger partial charge in [-0.3, -0.25) is 0 Å². The van der Waals surface area contributed by atoms with Crippen LogP contribution in [0.1, 0.15) is 15.9 Å². The van der Waals surface area contributed by atoms with Crippen LogP contribution in [0.3, 0.4) is 0 Å². The van der Waals surface area contributed by atoms with E-state index in [1.165, 1.54) is 12.1 Å². The smallest absolute Gasteiger partial charge is 0.343 e. The Labute approximate surface area is 192 Å². The number of hydrogen-bond acceptors (Lipinski definition) is 6. The van der Waals surface area contributed by atoms with Gasteiger partial charge in [0.05, 0.1) is 11.6 Å². The Morgan fingerprint density at radius 3 is 2.31 bits per heavy atom. The molecule has 3 N–H and O–H groups in total. The zero-order chi connectivity index (χ0) is 22.8. The third kappa shape index (κ3) is 3.94. The molecule has 0 aliphatic heterocycles. The van der Waals surface area contributed by atoms with Gasteiger partial charge >= 0.3 is 5.97 Å². The fourth-order valence-electron chi connectivity index (χ4n) is 3.54. The van der Waals surface area contributed by atoms with Crippen LogP contribution in [0.2, 0.25) is 0 Å². The molecule has 0 saturated heterocycles. The molecule has 0 radical (unpaired) electrons. The number of fused-ring (bicyclic) bond motifs is 1. The van der Waals surface area contributed by atoms with Gasteiger partial charge in [0.2, 0.25) is 0 Å². The molecule has 4 aromatic carbocycles. The predicted octanol–water partition coefficient (Wildman–Crippen LogP) is 5.75. The summed E-state index contributed by atoms with van der Waals surface area (Å²) in [6.07, 6.45) is 0. The molecule has 0 fully saturated rings. The lowest BCUT2D eigenvalue weighted by Crippen LogP contribution is -2.08. The molecule has 4 rings (SSSR count). The number of rotatable bonds is 5. The third-order valence-corrected chi connectivity index (χ3v) is 5.72. The largest absolute Gasteiger partial charge is 0.507 e. The fraction of sp³-hybridized carbons (Fsp3) is 0.0800. The van der Waals surface area contributed by atoms with Crippen molar-refractivity contribution in [2.24, 2.45) is 0 Å². The van der Waals surface area contributed by atoms with Crippen molar-refractivity contribution in [1.82, 2.24) is 0 Å². The number of halogens is 1. The number of hydrogen-bond donors (Lipinski definition) is 3. The maximum atomic E-state index is 13.0. The number of benzene rings is 4. The van der Waals surface area contributed by atoms with Crippen molar-refractivity contribution < 1.29 is 29.6 Å². The van der Waals surface area contributed by atoms with Gasteiger partial charge in [-0.15, -0.1) is 0 Å². The van der Waals surface area contributed by atoms with Crippen LogP contribution in [0, 0.1) is 0 Å². The summed E-state index contributed by atoms with van der Waals surface area (Å²) >= 11 is 3.32. The van der Waals surface area contributed by atoms with Gasteiger partial charge < -0.3 is 24.8 Å². The first-order valence-electron chi connectivity index (χ1n) is 9.66. The quantitative estimate of drug-likeness (QED) is 0.241. The average Bonchev–Trinajstić information content (AvgIpc) is 2.80. The second-order valence-corrected chi connectivity index (χ2v) is 7.94. The molecule has 162 valence electrons. The van der Waals surface area contributed by atoms with E-state index in [0.29, 0.717) is 15.6 Å². The van der Waals surface area contributed by atoms with Gasteiger partial charge in [0.25, 0.3) is 0 Å². The number of carbonyl (C=O) groups excluding carboxylic acids is 1. The summed E-state index contributed by atoms with van der Waals surface area (Å²) < 4.78 is 10.9. The lowest BCUT2D eigenvalue weighted by atomic mass is 9.92. The number of aromatic hydroxyl groups is 3. The van der Waals surface area contributed by atoms with Crippen molar-refractivity contribution in [3.63, 3.8) is 0 Å². The van der Waals surface area contributed by atoms with E-state index in [9.17, 15) is 20.1 Å². The molecule has 0 heterocycles. The minimum atomic E-state index is -0.840. The summed E-state index contributed by atoms with van der Waals surface area (Å²) in [5, 5.41) is 33.4. The summed E-state index contributed by atoms with van der Waals surface area (Å²) in [5.74, 6) is -0.995. The Morgan fingerprint density at radius 2 is 1.59 bits per heavy atom. The molecular formula is C25H19BrO6. The minimum Gasteiger partial charge on any atom is -0.507 e. The molecular weight excluding hydrogens is 476 g/mol. The monoisotopic (exact) mass is 494 g/mol. The van der Waals surface area contributed by atoms with Crippen LogP contribution >= 0.6 is 15.9 Å². The van der Waals surface area contributed by atoms with Crippen LogP contribution in [-0.4, -0.2) is 28.4 Å². The third-order valence-electron chi connectivity index (χ3n) is 5.12. The first kappa shape index (κ1) is 21.5. The van der Waals surface area contributed by atoms with Crippen LogP contribution < -0.4 is 4.74 Å². The highest BCUT2D eigenvalue weighted by Gasteiger charge is 2.26. The summed E-state index contributed by atoms with van der Waals surface area (Å²) in [6.45, 7) is -0.0530. The SMILES string of the molecule is COc1ccc(COC(=O)c2c(O)ccc(O)c2-c2c(O)c(Br)cc3ccccc23)cc1. The summed E-state index contributed by atoms with van der Waals surface area (Å²) in [4.78, 5) is 13.0. The molecule has 0 saturated carbocycles. The van der Waals surface area contributed by atoms with Gasteiger partial charge in [0.1, 0.15) is 35.2 Å². The molecule has 0 aromatic heterocycles. The Morgan fingerprint density at radius 1 is 0.906 bits per heavy atom. The number of ether oxygens (including phenoxy) is 2. The summed E-state index contributed by atoms with van der Waals surface area (Å²) in [6, 6.07) is 18.4. The first-order valence-corrected chi connectivity index (χ1v) is 10.5. The highest BCUT2D eigenvalue weighted by molar-refractivity contribution is 9.10. The molecule has 4 aromatic rings. The van der Waals surface area contributed by atoms with Crippen molar-refractivity contribution >= 4 is 32.7 Å². The van der Waals surface area contributed by atoms with Crippen molar-refractivity contribution in [3.05, 3.63) is 82.3 Å². The number of esters is 1. The normalized spacial score (nSPS) is 10.8. The highest BCUT2D eigenvalue weighted by atomic mass is 79.9. The van der Waals surface area contributed by atoms with Crippen LogP contribution in [-0.2, 0) is 11.3 Å². The molecule has 0 atom stereocenters. The van der Waals surface area contributed by atoms with Gasteiger partial charge in [-0.25, -0.2) is 4.79 Å². The molecule has 0 bridgehead atoms. The van der Waals surface area contributed by atoms with E-state index in [-0.39, 0.29) is 40.5 Å². The van der Waals surface area contributed by atoms with E-state index in [0.717, 1.165) is 10.9 Å². The fourth-order valence-corrected chi connectivity index (χ4v) is 3.98. The van der Waals surface area contributed by atoms with Crippen molar-refractivity contribution in [2.45, 2.75) is 6.61 Å². The maximum Gasteiger partial charge on any atom is 0.343 e. The van der Waals surface area contributed by atoms with Crippen LogP contribution in [0.4, 0.5) is 0 Å². The molecule has 0 aliphatic carbocycles. The van der Waals surface area contributed by atoms with Crippen molar-refractivity contribution in [1.29, 1.82) is 0 Å². The molecule has 0 spiro atoms. The summed E-state index contributed by atoms with van der Waals surface area (Å²) in [7, 11) is 1.56. The molecule has 7 heteroatoms. The number of carbonyl (C=O) groups is 1. The van der Waals surface area contributed by atoms with Gasteiger partial charge in [0, 0.05) is 11.1 Å². The van der Waals surface area contributed by atoms with Gasteiger partial charge in [0.15, 0.2) is 0 Å². The van der Waals surface area contributed by atoms with Crippen LogP contribution in [0.5, 0.6) is 23.0 Å². The van der Waals surface area contributed by atoms with Crippen molar-refractivity contribution in [3.8, 4) is 34.1 Å². The number of phenolic OH excluding ortho intramolecular Hbond substituents is 3. The van der Waals surface area contributed by atoms with Crippen LogP contribution in [0.15, 0.2) is 71.2 Å². The average molecular weight is 495 g/mol. The van der Waals surface area contributed by atoms with Gasteiger partial charge in [-0.1, -0.05) is 36.4 Å². The molecule has 6 nitrogen and oxygen atoms in total. The number of phenols is 3. The van der Waals surface area contributed by atoms with Gasteiger partial charge in [-0.2, -0.15) is 0 Å². The zero-order valence-corrected chi connectivity index (χ0v) is 18.6. The number of methoxy groups -OCH3 is 1. The zero-order valence-electron chi connectivity index (χ0n) is 17.0. The van der Waals surface area contributed by atoms with Crippen molar-refractivity contribution in [2.75, 3.05) is 7.11 Å². The van der Waals surface area contributed by atoms with E-state index < -0.39 is 5.97 Å².